The van der Waals surface area contributed by atoms with Crippen molar-refractivity contribution in [3.8, 4) is 0 Å². The monoisotopic (exact) mass is 380 g/mol. The third-order valence-electron chi connectivity index (χ3n) is 6.88. The lowest BCUT2D eigenvalue weighted by Gasteiger charge is -2.51. The Kier molecular flexibility index (Phi) is 4.19. The van der Waals surface area contributed by atoms with E-state index in [1.807, 2.05) is 26.0 Å². The number of piperidine rings is 3. The van der Waals surface area contributed by atoms with Crippen LogP contribution < -0.4 is 0 Å². The van der Waals surface area contributed by atoms with Gasteiger partial charge in [0.15, 0.2) is 0 Å². The van der Waals surface area contributed by atoms with Gasteiger partial charge in [0.05, 0.1) is 17.3 Å². The van der Waals surface area contributed by atoms with Gasteiger partial charge in [-0.25, -0.2) is 14.4 Å². The number of aryl methyl sites for hydroxylation is 2. The van der Waals surface area contributed by atoms with Gasteiger partial charge in [-0.3, -0.25) is 9.69 Å². The van der Waals surface area contributed by atoms with Crippen molar-refractivity contribution in [1.29, 1.82) is 0 Å². The molecule has 1 amide bonds. The molecule has 0 saturated carbocycles. The maximum atomic E-state index is 13.5. The normalized spacial score (nSPS) is 31.1. The number of aromatic nitrogens is 2. The molecule has 0 unspecified atom stereocenters. The molecule has 0 N–H and O–H groups in total. The van der Waals surface area contributed by atoms with E-state index in [0.29, 0.717) is 29.9 Å². The number of rotatable bonds is 2. The molecular weight excluding hydrogens is 355 g/mol. The molecule has 0 aliphatic carbocycles. The lowest BCUT2D eigenvalue weighted by molar-refractivity contribution is -0.00346. The van der Waals surface area contributed by atoms with E-state index in [4.69, 9.17) is 0 Å². The highest BCUT2D eigenvalue weighted by Gasteiger charge is 2.54. The molecule has 3 atom stereocenters. The number of halogens is 1. The first-order valence-electron chi connectivity index (χ1n) is 10.1. The molecule has 2 aromatic rings. The lowest BCUT2D eigenvalue weighted by atomic mass is 9.75. The van der Waals surface area contributed by atoms with Crippen molar-refractivity contribution in [2.75, 3.05) is 19.6 Å². The molecule has 1 aromatic heterocycles. The Morgan fingerprint density at radius 3 is 2.50 bits per heavy atom. The summed E-state index contributed by atoms with van der Waals surface area (Å²) in [5, 5.41) is 0. The van der Waals surface area contributed by atoms with Crippen molar-refractivity contribution in [1.82, 2.24) is 19.8 Å². The minimum Gasteiger partial charge on any atom is -0.333 e. The van der Waals surface area contributed by atoms with Gasteiger partial charge in [-0.05, 0) is 63.4 Å². The smallest absolute Gasteiger partial charge is 0.257 e. The minimum atomic E-state index is -0.218. The molecule has 6 heteroatoms. The third-order valence-corrected chi connectivity index (χ3v) is 6.88. The van der Waals surface area contributed by atoms with Crippen molar-refractivity contribution in [2.24, 2.45) is 5.92 Å². The fraction of sp³-hybridized carbons (Fsp3) is 0.500. The number of carbonyl (C=O) groups excluding carboxylic acids is 1. The molecule has 4 aliphatic rings. The van der Waals surface area contributed by atoms with Crippen LogP contribution in [0.25, 0.3) is 0 Å². The van der Waals surface area contributed by atoms with Crippen LogP contribution >= 0.6 is 0 Å². The van der Waals surface area contributed by atoms with E-state index in [2.05, 4.69) is 19.8 Å². The van der Waals surface area contributed by atoms with Crippen molar-refractivity contribution < 1.29 is 9.18 Å². The van der Waals surface area contributed by atoms with Crippen molar-refractivity contribution in [3.05, 3.63) is 58.9 Å². The fourth-order valence-corrected chi connectivity index (χ4v) is 5.61. The van der Waals surface area contributed by atoms with Gasteiger partial charge in [-0.15, -0.1) is 0 Å². The van der Waals surface area contributed by atoms with Gasteiger partial charge < -0.3 is 4.90 Å². The van der Waals surface area contributed by atoms with Crippen LogP contribution in [0, 0.1) is 25.6 Å². The predicted molar refractivity (Wildman–Crippen MR) is 104 cm³/mol. The molecule has 5 heterocycles. The number of likely N-dealkylation sites (tertiary alicyclic amines) is 1. The van der Waals surface area contributed by atoms with Gasteiger partial charge in [0, 0.05) is 24.7 Å². The van der Waals surface area contributed by atoms with Crippen molar-refractivity contribution >= 4 is 5.91 Å². The van der Waals surface area contributed by atoms with Crippen LogP contribution in [0.5, 0.6) is 0 Å². The van der Waals surface area contributed by atoms with E-state index in [1.165, 1.54) is 12.1 Å². The molecule has 0 spiro atoms. The Labute approximate surface area is 164 Å². The van der Waals surface area contributed by atoms with Gasteiger partial charge in [0.2, 0.25) is 0 Å². The Hall–Kier alpha value is -2.34. The average Bonchev–Trinajstić information content (AvgIpc) is 3.12. The van der Waals surface area contributed by atoms with Crippen LogP contribution in [-0.2, 0) is 0 Å². The number of benzene rings is 1. The highest BCUT2D eigenvalue weighted by molar-refractivity contribution is 5.95. The van der Waals surface area contributed by atoms with Crippen LogP contribution in [0.4, 0.5) is 4.39 Å². The van der Waals surface area contributed by atoms with E-state index >= 15 is 0 Å². The van der Waals surface area contributed by atoms with Crippen molar-refractivity contribution in [3.63, 3.8) is 0 Å². The predicted octanol–water partition coefficient (Wildman–Crippen LogP) is 2.93. The lowest BCUT2D eigenvalue weighted by Crippen LogP contribution is -2.60. The maximum Gasteiger partial charge on any atom is 0.257 e. The highest BCUT2D eigenvalue weighted by atomic mass is 19.1. The number of amides is 1. The van der Waals surface area contributed by atoms with Crippen LogP contribution in [0.1, 0.15) is 46.2 Å². The number of carbonyl (C=O) groups is 1. The first-order chi connectivity index (χ1) is 13.5. The van der Waals surface area contributed by atoms with Crippen LogP contribution in [0.15, 0.2) is 30.5 Å². The Balaban J connectivity index is 1.53. The zero-order valence-corrected chi connectivity index (χ0v) is 16.3. The molecule has 146 valence electrons. The summed E-state index contributed by atoms with van der Waals surface area (Å²) in [4.78, 5) is 26.8. The molecule has 28 heavy (non-hydrogen) atoms. The van der Waals surface area contributed by atoms with Gasteiger partial charge in [0.25, 0.3) is 5.91 Å². The van der Waals surface area contributed by atoms with Gasteiger partial charge in [-0.2, -0.15) is 0 Å². The molecule has 4 aliphatic heterocycles. The van der Waals surface area contributed by atoms with Gasteiger partial charge in [-0.1, -0.05) is 12.1 Å². The average molecular weight is 380 g/mol. The quantitative estimate of drug-likeness (QED) is 0.804. The molecule has 1 aromatic carbocycles. The van der Waals surface area contributed by atoms with Crippen LogP contribution in [0.2, 0.25) is 0 Å². The first kappa shape index (κ1) is 17.7. The Morgan fingerprint density at radius 2 is 1.82 bits per heavy atom. The molecule has 5 nitrogen and oxygen atoms in total. The number of fused-ring (bicyclic) bond motifs is 2. The minimum absolute atomic E-state index is 0.0332. The first-order valence-corrected chi connectivity index (χ1v) is 10.1. The van der Waals surface area contributed by atoms with E-state index < -0.39 is 0 Å². The van der Waals surface area contributed by atoms with E-state index in [-0.39, 0.29) is 23.7 Å². The van der Waals surface area contributed by atoms with Gasteiger partial charge >= 0.3 is 0 Å². The largest absolute Gasteiger partial charge is 0.333 e. The van der Waals surface area contributed by atoms with E-state index in [0.717, 1.165) is 37.2 Å². The summed E-state index contributed by atoms with van der Waals surface area (Å²) in [7, 11) is 0. The summed E-state index contributed by atoms with van der Waals surface area (Å²) in [6.45, 7) is 6.57. The summed E-state index contributed by atoms with van der Waals surface area (Å²) in [6.07, 6.45) is 3.95. The second-order valence-electron chi connectivity index (χ2n) is 8.39. The SMILES string of the molecule is Cc1ncc(C(=O)N2C[C@@H](c3ccc(F)cc3)[C@@H]3[C@H]2C2CCN3CC2)c(C)n1. The van der Waals surface area contributed by atoms with Gasteiger partial charge in [0.1, 0.15) is 11.6 Å². The summed E-state index contributed by atoms with van der Waals surface area (Å²) >= 11 is 0. The standard InChI is InChI=1S/C22H25FN4O/c1-13-18(11-24-14(2)25-13)22(28)27-12-19(15-3-5-17(23)6-4-15)21-20(27)16-7-9-26(21)10-8-16/h3-6,11,16,19-21H,7-10,12H2,1-2H3/t19-,20+,21+/m0/s1. The van der Waals surface area contributed by atoms with E-state index in [1.54, 1.807) is 6.20 Å². The van der Waals surface area contributed by atoms with E-state index in [9.17, 15) is 9.18 Å². The Bertz CT molecular complexity index is 907. The summed E-state index contributed by atoms with van der Waals surface area (Å²) in [5.74, 6) is 1.25. The highest BCUT2D eigenvalue weighted by Crippen LogP contribution is 2.47. The molecule has 4 fully saturated rings. The molecule has 4 saturated heterocycles. The van der Waals surface area contributed by atoms with Crippen molar-refractivity contribution in [2.45, 2.75) is 44.7 Å². The topological polar surface area (TPSA) is 49.3 Å². The second-order valence-corrected chi connectivity index (χ2v) is 8.39. The second kappa shape index (κ2) is 6.62. The van der Waals surface area contributed by atoms with Crippen LogP contribution in [0.3, 0.4) is 0 Å². The summed E-state index contributed by atoms with van der Waals surface area (Å²) in [5.41, 5.74) is 2.46. The zero-order valence-electron chi connectivity index (χ0n) is 16.3. The molecular formula is C22H25FN4O. The molecule has 6 rings (SSSR count). The zero-order chi connectivity index (χ0) is 19.4. The summed E-state index contributed by atoms with van der Waals surface area (Å²) < 4.78 is 13.5. The molecule has 0 radical (unpaired) electrons. The summed E-state index contributed by atoms with van der Waals surface area (Å²) in [6, 6.07) is 7.36. The van der Waals surface area contributed by atoms with Crippen LogP contribution in [-0.4, -0.2) is 57.4 Å². The maximum absolute atomic E-state index is 13.5. The Morgan fingerprint density at radius 1 is 1.11 bits per heavy atom. The number of nitrogens with zero attached hydrogens (tertiary/aromatic N) is 4. The third kappa shape index (κ3) is 2.73. The number of hydrogen-bond donors (Lipinski definition) is 0. The fourth-order valence-electron chi connectivity index (χ4n) is 5.61. The number of hydrogen-bond acceptors (Lipinski definition) is 4. The molecule has 2 bridgehead atoms.